The average molecular weight is 375 g/mol. The van der Waals surface area contributed by atoms with Gasteiger partial charge < -0.3 is 10.2 Å². The highest BCUT2D eigenvalue weighted by molar-refractivity contribution is 6.36. The van der Waals surface area contributed by atoms with Gasteiger partial charge in [0.05, 0.1) is 0 Å². The number of aryl methyl sites for hydroxylation is 1. The SMILES string of the molecule is CCc1cc(-c2ccc(Cl)cc2Cl)cc2c1N(CC)C1CCNCC21. The van der Waals surface area contributed by atoms with Crippen LogP contribution in [-0.4, -0.2) is 25.7 Å². The molecular weight excluding hydrogens is 351 g/mol. The Bertz CT molecular complexity index is 803. The van der Waals surface area contributed by atoms with Gasteiger partial charge in [-0.3, -0.25) is 0 Å². The molecule has 2 unspecified atom stereocenters. The van der Waals surface area contributed by atoms with E-state index in [0.717, 1.165) is 36.6 Å². The molecule has 132 valence electrons. The maximum absolute atomic E-state index is 6.50. The van der Waals surface area contributed by atoms with Gasteiger partial charge in [-0.1, -0.05) is 36.2 Å². The minimum absolute atomic E-state index is 0.569. The number of fused-ring (bicyclic) bond motifs is 3. The molecule has 2 atom stereocenters. The van der Waals surface area contributed by atoms with Crippen LogP contribution in [0.4, 0.5) is 5.69 Å². The van der Waals surface area contributed by atoms with E-state index in [2.05, 4.69) is 36.2 Å². The van der Waals surface area contributed by atoms with Crippen molar-refractivity contribution in [1.29, 1.82) is 0 Å². The van der Waals surface area contributed by atoms with Crippen molar-refractivity contribution in [2.24, 2.45) is 0 Å². The zero-order valence-corrected chi connectivity index (χ0v) is 16.3. The van der Waals surface area contributed by atoms with Crippen molar-refractivity contribution >= 4 is 28.9 Å². The maximum atomic E-state index is 6.50. The number of nitrogens with zero attached hydrogens (tertiary/aromatic N) is 1. The zero-order valence-electron chi connectivity index (χ0n) is 14.8. The largest absolute Gasteiger partial charge is 0.368 e. The third kappa shape index (κ3) is 2.85. The summed E-state index contributed by atoms with van der Waals surface area (Å²) in [6, 6.07) is 11.1. The molecule has 2 aliphatic rings. The summed E-state index contributed by atoms with van der Waals surface area (Å²) in [6.45, 7) is 7.77. The first kappa shape index (κ1) is 17.2. The minimum atomic E-state index is 0.569. The maximum Gasteiger partial charge on any atom is 0.0499 e. The van der Waals surface area contributed by atoms with Crippen LogP contribution in [0, 0.1) is 0 Å². The zero-order chi connectivity index (χ0) is 17.6. The summed E-state index contributed by atoms with van der Waals surface area (Å²) >= 11 is 12.6. The molecule has 0 bridgehead atoms. The van der Waals surface area contributed by atoms with Crippen molar-refractivity contribution in [3.8, 4) is 11.1 Å². The number of benzene rings is 2. The smallest absolute Gasteiger partial charge is 0.0499 e. The Morgan fingerprint density at radius 1 is 1.16 bits per heavy atom. The van der Waals surface area contributed by atoms with Crippen molar-refractivity contribution in [2.45, 2.75) is 38.6 Å². The van der Waals surface area contributed by atoms with Crippen LogP contribution in [0.5, 0.6) is 0 Å². The first-order valence-electron chi connectivity index (χ1n) is 9.23. The lowest BCUT2D eigenvalue weighted by atomic mass is 9.87. The van der Waals surface area contributed by atoms with E-state index in [-0.39, 0.29) is 0 Å². The molecule has 2 aromatic rings. The summed E-state index contributed by atoms with van der Waals surface area (Å²) in [7, 11) is 0. The number of likely N-dealkylation sites (N-methyl/N-ethyl adjacent to an activating group) is 1. The molecule has 1 fully saturated rings. The molecule has 2 heterocycles. The van der Waals surface area contributed by atoms with E-state index in [9.17, 15) is 0 Å². The van der Waals surface area contributed by atoms with Gasteiger partial charge in [0.1, 0.15) is 0 Å². The monoisotopic (exact) mass is 374 g/mol. The Morgan fingerprint density at radius 3 is 2.72 bits per heavy atom. The summed E-state index contributed by atoms with van der Waals surface area (Å²) in [5.41, 5.74) is 6.66. The van der Waals surface area contributed by atoms with Gasteiger partial charge in [0.2, 0.25) is 0 Å². The second-order valence-corrected chi connectivity index (χ2v) is 7.85. The van der Waals surface area contributed by atoms with Crippen LogP contribution >= 0.6 is 23.2 Å². The molecule has 0 saturated carbocycles. The Labute approximate surface area is 160 Å². The molecular formula is C21H24Cl2N2. The van der Waals surface area contributed by atoms with Gasteiger partial charge in [0.15, 0.2) is 0 Å². The van der Waals surface area contributed by atoms with Crippen LogP contribution < -0.4 is 10.2 Å². The van der Waals surface area contributed by atoms with Gasteiger partial charge in [-0.15, -0.1) is 0 Å². The lowest BCUT2D eigenvalue weighted by Gasteiger charge is -2.33. The predicted octanol–water partition coefficient (Wildman–Crippen LogP) is 5.51. The third-order valence-electron chi connectivity index (χ3n) is 5.71. The molecule has 0 aliphatic carbocycles. The molecule has 1 saturated heterocycles. The third-order valence-corrected chi connectivity index (χ3v) is 6.26. The lowest BCUT2D eigenvalue weighted by Crippen LogP contribution is -2.44. The van der Waals surface area contributed by atoms with E-state index in [4.69, 9.17) is 23.2 Å². The summed E-state index contributed by atoms with van der Waals surface area (Å²) in [5, 5.41) is 4.99. The molecule has 0 radical (unpaired) electrons. The number of nitrogens with one attached hydrogen (secondary N) is 1. The van der Waals surface area contributed by atoms with E-state index in [1.54, 1.807) is 0 Å². The first-order valence-corrected chi connectivity index (χ1v) is 9.99. The molecule has 2 nitrogen and oxygen atoms in total. The Morgan fingerprint density at radius 2 is 2.00 bits per heavy atom. The van der Waals surface area contributed by atoms with E-state index >= 15 is 0 Å². The highest BCUT2D eigenvalue weighted by Crippen LogP contribution is 2.47. The van der Waals surface area contributed by atoms with E-state index in [1.165, 1.54) is 28.8 Å². The van der Waals surface area contributed by atoms with Crippen LogP contribution in [0.15, 0.2) is 30.3 Å². The second-order valence-electron chi connectivity index (χ2n) is 7.00. The summed E-state index contributed by atoms with van der Waals surface area (Å²) < 4.78 is 0. The van der Waals surface area contributed by atoms with Crippen LogP contribution in [-0.2, 0) is 6.42 Å². The van der Waals surface area contributed by atoms with Crippen molar-refractivity contribution in [3.05, 3.63) is 51.5 Å². The summed E-state index contributed by atoms with van der Waals surface area (Å²) in [4.78, 5) is 2.63. The van der Waals surface area contributed by atoms with Crippen molar-refractivity contribution in [1.82, 2.24) is 5.32 Å². The van der Waals surface area contributed by atoms with Gasteiger partial charge in [0.25, 0.3) is 0 Å². The molecule has 0 spiro atoms. The molecule has 2 aromatic carbocycles. The van der Waals surface area contributed by atoms with Gasteiger partial charge >= 0.3 is 0 Å². The highest BCUT2D eigenvalue weighted by atomic mass is 35.5. The number of piperidine rings is 1. The fourth-order valence-corrected chi connectivity index (χ4v) is 5.11. The van der Waals surface area contributed by atoms with E-state index in [1.807, 2.05) is 18.2 Å². The van der Waals surface area contributed by atoms with E-state index < -0.39 is 0 Å². The highest BCUT2D eigenvalue weighted by Gasteiger charge is 2.40. The van der Waals surface area contributed by atoms with E-state index in [0.29, 0.717) is 17.0 Å². The topological polar surface area (TPSA) is 15.3 Å². The van der Waals surface area contributed by atoms with Gasteiger partial charge in [-0.25, -0.2) is 0 Å². The molecule has 2 aliphatic heterocycles. The molecule has 4 heteroatoms. The first-order chi connectivity index (χ1) is 12.1. The number of hydrogen-bond donors (Lipinski definition) is 1. The van der Waals surface area contributed by atoms with Crippen molar-refractivity contribution < 1.29 is 0 Å². The van der Waals surface area contributed by atoms with Gasteiger partial charge in [-0.05, 0) is 67.3 Å². The molecule has 4 rings (SSSR count). The Balaban J connectivity index is 1.88. The number of rotatable bonds is 3. The normalized spacial score (nSPS) is 22.0. The molecule has 1 N–H and O–H groups in total. The lowest BCUT2D eigenvalue weighted by molar-refractivity contribution is 0.406. The quantitative estimate of drug-likeness (QED) is 0.761. The van der Waals surface area contributed by atoms with Crippen molar-refractivity contribution in [3.63, 3.8) is 0 Å². The van der Waals surface area contributed by atoms with Crippen LogP contribution in [0.1, 0.15) is 37.3 Å². The number of anilines is 1. The van der Waals surface area contributed by atoms with Crippen LogP contribution in [0.2, 0.25) is 10.0 Å². The fraction of sp³-hybridized carbons (Fsp3) is 0.429. The molecule has 0 amide bonds. The molecule has 25 heavy (non-hydrogen) atoms. The fourth-order valence-electron chi connectivity index (χ4n) is 4.59. The van der Waals surface area contributed by atoms with Gasteiger partial charge in [-0.2, -0.15) is 0 Å². The molecule has 0 aromatic heterocycles. The summed E-state index contributed by atoms with van der Waals surface area (Å²) in [6.07, 6.45) is 2.25. The predicted molar refractivity (Wildman–Crippen MR) is 108 cm³/mol. The number of halogens is 2. The Hall–Kier alpha value is -1.22. The average Bonchev–Trinajstić information content (AvgIpc) is 2.95. The number of hydrogen-bond acceptors (Lipinski definition) is 2. The Kier molecular flexibility index (Phi) is 4.70. The minimum Gasteiger partial charge on any atom is -0.368 e. The van der Waals surface area contributed by atoms with Crippen LogP contribution in [0.25, 0.3) is 11.1 Å². The van der Waals surface area contributed by atoms with Crippen molar-refractivity contribution in [2.75, 3.05) is 24.5 Å². The second kappa shape index (κ2) is 6.83. The van der Waals surface area contributed by atoms with Crippen LogP contribution in [0.3, 0.4) is 0 Å². The standard InChI is InChI=1S/C21H24Cl2N2/c1-3-13-9-14(16-6-5-15(22)11-19(16)23)10-17-18-12-24-8-7-20(18)25(4-2)21(13)17/h5-6,9-11,18,20,24H,3-4,7-8,12H2,1-2H3. The summed E-state index contributed by atoms with van der Waals surface area (Å²) in [5.74, 6) is 0.569. The van der Waals surface area contributed by atoms with Gasteiger partial charge in [0, 0.05) is 46.3 Å².